The zero-order chi connectivity index (χ0) is 13.8. The summed E-state index contributed by atoms with van der Waals surface area (Å²) < 4.78 is 19.7. The Bertz CT molecular complexity index is 611. The third-order valence-electron chi connectivity index (χ3n) is 2.79. The van der Waals surface area contributed by atoms with Crippen molar-refractivity contribution in [3.63, 3.8) is 0 Å². The van der Waals surface area contributed by atoms with Crippen LogP contribution in [0.5, 0.6) is 5.75 Å². The maximum Gasteiger partial charge on any atom is 0.175 e. The minimum Gasteiger partial charge on any atom is -0.494 e. The molecule has 0 atom stereocenters. The van der Waals surface area contributed by atoms with E-state index in [1.165, 1.54) is 19.2 Å². The molecule has 2 rings (SSSR count). The van der Waals surface area contributed by atoms with Gasteiger partial charge in [-0.2, -0.15) is 0 Å². The molecule has 0 aromatic heterocycles. The molecule has 0 heterocycles. The van der Waals surface area contributed by atoms with Crippen molar-refractivity contribution in [3.8, 4) is 5.75 Å². The molecule has 0 aliphatic rings. The Morgan fingerprint density at radius 1 is 1.21 bits per heavy atom. The van der Waals surface area contributed by atoms with Gasteiger partial charge in [-0.15, -0.1) is 0 Å². The van der Waals surface area contributed by atoms with Crippen molar-refractivity contribution in [1.29, 1.82) is 0 Å². The summed E-state index contributed by atoms with van der Waals surface area (Å²) in [7, 11) is 1.38. The molecule has 0 amide bonds. The van der Waals surface area contributed by atoms with Gasteiger partial charge in [0, 0.05) is 10.9 Å². The average Bonchev–Trinajstić information content (AvgIpc) is 2.41. The summed E-state index contributed by atoms with van der Waals surface area (Å²) in [5.74, 6) is -0.802. The second-order valence-corrected chi connectivity index (χ2v) is 4.87. The topological polar surface area (TPSA) is 26.3 Å². The number of carbonyl (C=O) groups is 1. The first-order valence-electron chi connectivity index (χ1n) is 5.72. The highest BCUT2D eigenvalue weighted by molar-refractivity contribution is 9.10. The maximum absolute atomic E-state index is 14.0. The van der Waals surface area contributed by atoms with Crippen molar-refractivity contribution in [2.24, 2.45) is 0 Å². The van der Waals surface area contributed by atoms with E-state index in [1.807, 2.05) is 24.3 Å². The summed E-state index contributed by atoms with van der Waals surface area (Å²) in [5, 5.41) is 0. The number of halogens is 2. The molecule has 0 fully saturated rings. The molecule has 0 radical (unpaired) electrons. The van der Waals surface area contributed by atoms with Gasteiger partial charge in [-0.3, -0.25) is 4.79 Å². The van der Waals surface area contributed by atoms with Gasteiger partial charge in [0.1, 0.15) is 0 Å². The first-order valence-corrected chi connectivity index (χ1v) is 6.52. The van der Waals surface area contributed by atoms with Crippen LogP contribution in [0, 0.1) is 5.82 Å². The molecule has 0 unspecified atom stereocenters. The van der Waals surface area contributed by atoms with Crippen molar-refractivity contribution < 1.29 is 13.9 Å². The predicted molar refractivity (Wildman–Crippen MR) is 75.1 cm³/mol. The number of carbonyl (C=O) groups excluding carboxylic acids is 1. The van der Waals surface area contributed by atoms with Gasteiger partial charge in [-0.05, 0) is 23.8 Å². The fourth-order valence-corrected chi connectivity index (χ4v) is 2.22. The van der Waals surface area contributed by atoms with E-state index in [-0.39, 0.29) is 23.5 Å². The molecule has 2 aromatic carbocycles. The lowest BCUT2D eigenvalue weighted by atomic mass is 10.0. The highest BCUT2D eigenvalue weighted by atomic mass is 79.9. The fourth-order valence-electron chi connectivity index (χ4n) is 1.79. The summed E-state index contributed by atoms with van der Waals surface area (Å²) >= 11 is 3.37. The molecule has 2 nitrogen and oxygen atoms in total. The molecular formula is C15H12BrFO2. The Hall–Kier alpha value is -1.68. The minimum atomic E-state index is -0.609. The van der Waals surface area contributed by atoms with E-state index >= 15 is 0 Å². The molecule has 0 saturated carbocycles. The Kier molecular flexibility index (Phi) is 4.32. The van der Waals surface area contributed by atoms with Crippen LogP contribution in [0.3, 0.4) is 0 Å². The van der Waals surface area contributed by atoms with E-state index in [4.69, 9.17) is 4.74 Å². The molecule has 98 valence electrons. The summed E-state index contributed by atoms with van der Waals surface area (Å²) in [6.45, 7) is 0. The van der Waals surface area contributed by atoms with Crippen molar-refractivity contribution in [2.45, 2.75) is 6.42 Å². The van der Waals surface area contributed by atoms with Crippen LogP contribution in [0.4, 0.5) is 4.39 Å². The van der Waals surface area contributed by atoms with Gasteiger partial charge in [-0.25, -0.2) is 4.39 Å². The summed E-state index contributed by atoms with van der Waals surface area (Å²) in [4.78, 5) is 12.1. The van der Waals surface area contributed by atoms with Crippen LogP contribution in [0.2, 0.25) is 0 Å². The maximum atomic E-state index is 14.0. The first kappa shape index (κ1) is 13.7. The lowest BCUT2D eigenvalue weighted by molar-refractivity contribution is 0.0988. The molecule has 19 heavy (non-hydrogen) atoms. The van der Waals surface area contributed by atoms with E-state index in [9.17, 15) is 9.18 Å². The number of benzene rings is 2. The molecular weight excluding hydrogens is 311 g/mol. The van der Waals surface area contributed by atoms with Crippen molar-refractivity contribution in [1.82, 2.24) is 0 Å². The lowest BCUT2D eigenvalue weighted by Gasteiger charge is -2.07. The van der Waals surface area contributed by atoms with E-state index in [0.717, 1.165) is 10.0 Å². The largest absolute Gasteiger partial charge is 0.494 e. The smallest absolute Gasteiger partial charge is 0.175 e. The number of methoxy groups -OCH3 is 1. The Morgan fingerprint density at radius 3 is 2.63 bits per heavy atom. The first-order chi connectivity index (χ1) is 9.13. The number of hydrogen-bond acceptors (Lipinski definition) is 2. The van der Waals surface area contributed by atoms with Crippen LogP contribution < -0.4 is 4.74 Å². The van der Waals surface area contributed by atoms with Crippen LogP contribution >= 0.6 is 15.9 Å². The van der Waals surface area contributed by atoms with Gasteiger partial charge in [0.05, 0.1) is 12.7 Å². The van der Waals surface area contributed by atoms with Crippen LogP contribution in [0.15, 0.2) is 46.9 Å². The molecule has 0 N–H and O–H groups in total. The van der Waals surface area contributed by atoms with Crippen molar-refractivity contribution in [3.05, 3.63) is 63.9 Å². The Balaban J connectivity index is 2.28. The lowest BCUT2D eigenvalue weighted by Crippen LogP contribution is -2.07. The summed E-state index contributed by atoms with van der Waals surface area (Å²) in [6, 6.07) is 12.0. The summed E-state index contributed by atoms with van der Waals surface area (Å²) in [6.07, 6.45) is 0.144. The van der Waals surface area contributed by atoms with Crippen LogP contribution in [-0.4, -0.2) is 12.9 Å². The normalized spacial score (nSPS) is 10.3. The highest BCUT2D eigenvalue weighted by Crippen LogP contribution is 2.23. The molecule has 2 aromatic rings. The van der Waals surface area contributed by atoms with E-state index < -0.39 is 5.82 Å². The number of rotatable bonds is 4. The summed E-state index contributed by atoms with van der Waals surface area (Å²) in [5.41, 5.74) is 0.879. The number of Topliss-reactive ketones (excluding diaryl/α,β-unsaturated/α-hetero) is 1. The van der Waals surface area contributed by atoms with Gasteiger partial charge in [0.15, 0.2) is 17.3 Å². The number of hydrogen-bond donors (Lipinski definition) is 0. The predicted octanol–water partition coefficient (Wildman–Crippen LogP) is 4.02. The number of ether oxygens (including phenoxy) is 1. The van der Waals surface area contributed by atoms with Gasteiger partial charge in [-0.1, -0.05) is 40.2 Å². The second kappa shape index (κ2) is 5.97. The van der Waals surface area contributed by atoms with E-state index in [2.05, 4.69) is 15.9 Å². The van der Waals surface area contributed by atoms with E-state index in [0.29, 0.717) is 0 Å². The van der Waals surface area contributed by atoms with Crippen LogP contribution in [0.1, 0.15) is 15.9 Å². The minimum absolute atomic E-state index is 0.0510. The Labute approximate surface area is 119 Å². The van der Waals surface area contributed by atoms with Gasteiger partial charge in [0.25, 0.3) is 0 Å². The fraction of sp³-hybridized carbons (Fsp3) is 0.133. The molecule has 0 saturated heterocycles. The van der Waals surface area contributed by atoms with Crippen LogP contribution in [-0.2, 0) is 6.42 Å². The Morgan fingerprint density at radius 2 is 1.95 bits per heavy atom. The zero-order valence-electron chi connectivity index (χ0n) is 10.3. The van der Waals surface area contributed by atoms with Crippen molar-refractivity contribution in [2.75, 3.05) is 7.11 Å². The molecule has 0 bridgehead atoms. The molecule has 4 heteroatoms. The zero-order valence-corrected chi connectivity index (χ0v) is 11.9. The van der Waals surface area contributed by atoms with Gasteiger partial charge < -0.3 is 4.74 Å². The van der Waals surface area contributed by atoms with E-state index in [1.54, 1.807) is 6.07 Å². The molecule has 0 aliphatic heterocycles. The van der Waals surface area contributed by atoms with Gasteiger partial charge >= 0.3 is 0 Å². The number of ketones is 1. The monoisotopic (exact) mass is 322 g/mol. The van der Waals surface area contributed by atoms with Crippen LogP contribution in [0.25, 0.3) is 0 Å². The highest BCUT2D eigenvalue weighted by Gasteiger charge is 2.16. The van der Waals surface area contributed by atoms with Crippen molar-refractivity contribution >= 4 is 21.7 Å². The molecule has 0 aliphatic carbocycles. The average molecular weight is 323 g/mol. The SMILES string of the molecule is COc1cccc(C(=O)Cc2ccccc2Br)c1F. The quantitative estimate of drug-likeness (QED) is 0.795. The third kappa shape index (κ3) is 3.01. The van der Waals surface area contributed by atoms with Gasteiger partial charge in [0.2, 0.25) is 0 Å². The standard InChI is InChI=1S/C15H12BrFO2/c1-19-14-8-4-6-11(15(14)17)13(18)9-10-5-2-3-7-12(10)16/h2-8H,9H2,1H3. The second-order valence-electron chi connectivity index (χ2n) is 4.01. The molecule has 0 spiro atoms. The third-order valence-corrected chi connectivity index (χ3v) is 3.57.